The van der Waals surface area contributed by atoms with Gasteiger partial charge in [-0.1, -0.05) is 18.2 Å². The fraction of sp³-hybridized carbons (Fsp3) is 0. The molecule has 0 saturated carbocycles. The van der Waals surface area contributed by atoms with E-state index in [1.807, 2.05) is 18.2 Å². The zero-order valence-electron chi connectivity index (χ0n) is 6.57. The van der Waals surface area contributed by atoms with Crippen molar-refractivity contribution >= 4 is 34.8 Å². The summed E-state index contributed by atoms with van der Waals surface area (Å²) in [5, 5.41) is 10.3. The van der Waals surface area contributed by atoms with Gasteiger partial charge in [0.05, 0.1) is 0 Å². The van der Waals surface area contributed by atoms with Gasteiger partial charge in [0, 0.05) is 11.6 Å². The Balaban J connectivity index is 0.000000720. The van der Waals surface area contributed by atoms with Gasteiger partial charge in [-0.25, -0.2) is 0 Å². The molecular weight excluding hydrogens is 257 g/mol. The Bertz CT molecular complexity index is 384. The number of aromatic nitrogens is 1. The van der Waals surface area contributed by atoms with Crippen molar-refractivity contribution < 1.29 is 5.11 Å². The van der Waals surface area contributed by atoms with Gasteiger partial charge in [0.2, 0.25) is 0 Å². The van der Waals surface area contributed by atoms with E-state index in [9.17, 15) is 5.11 Å². The molecule has 0 fully saturated rings. The molecule has 1 aromatic heterocycles. The number of para-hydroxylation sites is 1. The molecule has 2 aromatic rings. The number of pyridine rings is 1. The van der Waals surface area contributed by atoms with E-state index in [0.717, 1.165) is 5.39 Å². The summed E-state index contributed by atoms with van der Waals surface area (Å²) in [5.41, 5.74) is 0.662. The number of phenolic OH excluding ortho intramolecular Hbond substituents is 1. The van der Waals surface area contributed by atoms with Gasteiger partial charge in [-0.2, -0.15) is 0 Å². The van der Waals surface area contributed by atoms with Crippen molar-refractivity contribution in [1.82, 2.24) is 4.98 Å². The molecule has 0 unspecified atom stereocenters. The number of aromatic hydroxyl groups is 1. The van der Waals surface area contributed by atoms with E-state index < -0.39 is 0 Å². The predicted molar refractivity (Wildman–Crippen MR) is 52.0 cm³/mol. The average Bonchev–Trinajstić information content (AvgIpc) is 2.06. The fourth-order valence-corrected chi connectivity index (χ4v) is 1.09. The van der Waals surface area contributed by atoms with Crippen molar-refractivity contribution in [2.75, 3.05) is 0 Å². The molecule has 2 rings (SSSR count). The van der Waals surface area contributed by atoms with Crippen LogP contribution in [0.1, 0.15) is 0 Å². The minimum atomic E-state index is 0. The van der Waals surface area contributed by atoms with Crippen molar-refractivity contribution in [2.24, 2.45) is 0 Å². The molecule has 0 aliphatic carbocycles. The van der Waals surface area contributed by atoms with Gasteiger partial charge in [-0.05, 0) is 12.1 Å². The molecule has 0 bridgehead atoms. The van der Waals surface area contributed by atoms with Crippen molar-refractivity contribution in [3.63, 3.8) is 0 Å². The first-order chi connectivity index (χ1) is 5.38. The molecule has 1 heterocycles. The number of benzene rings is 1. The van der Waals surface area contributed by atoms with Crippen LogP contribution in [0.3, 0.4) is 0 Å². The van der Waals surface area contributed by atoms with E-state index in [1.54, 1.807) is 18.3 Å². The quantitative estimate of drug-likeness (QED) is 0.722. The molecule has 60 valence electrons. The number of hydrogen-bond acceptors (Lipinski definition) is 2. The second-order valence-corrected chi connectivity index (χ2v) is 2.35. The summed E-state index contributed by atoms with van der Waals surface area (Å²) in [6.07, 6.45) is 1.67. The van der Waals surface area contributed by atoms with Gasteiger partial charge in [0.15, 0.2) is 0 Å². The first-order valence-electron chi connectivity index (χ1n) is 3.40. The van der Waals surface area contributed by atoms with Gasteiger partial charge in [-0.15, -0.1) is 0 Å². The zero-order chi connectivity index (χ0) is 7.68. The van der Waals surface area contributed by atoms with Crippen LogP contribution in [-0.2, 0) is 0 Å². The molecule has 1 N–H and O–H groups in total. The van der Waals surface area contributed by atoms with Gasteiger partial charge < -0.3 is 5.11 Å². The summed E-state index contributed by atoms with van der Waals surface area (Å²) in [7, 11) is 0. The third-order valence-electron chi connectivity index (χ3n) is 1.61. The normalized spacial score (nSPS) is 9.33. The molecule has 12 heavy (non-hydrogen) atoms. The molecular formula is C9H9NOSn. The molecule has 0 aliphatic rings. The van der Waals surface area contributed by atoms with Crippen molar-refractivity contribution in [2.45, 2.75) is 0 Å². The number of phenols is 1. The Morgan fingerprint density at radius 2 is 1.83 bits per heavy atom. The van der Waals surface area contributed by atoms with E-state index in [1.165, 1.54) is 0 Å². The molecule has 0 spiro atoms. The van der Waals surface area contributed by atoms with Crippen LogP contribution in [0.25, 0.3) is 10.9 Å². The van der Waals surface area contributed by atoms with E-state index >= 15 is 0 Å². The molecule has 3 heteroatoms. The first-order valence-corrected chi connectivity index (χ1v) is 3.40. The minimum absolute atomic E-state index is 0. The third kappa shape index (κ3) is 1.53. The monoisotopic (exact) mass is 267 g/mol. The summed E-state index contributed by atoms with van der Waals surface area (Å²) in [5.74, 6) is 0.239. The van der Waals surface area contributed by atoms with Crippen molar-refractivity contribution in [3.05, 3.63) is 36.5 Å². The summed E-state index contributed by atoms with van der Waals surface area (Å²) in [4.78, 5) is 4.03. The zero-order valence-corrected chi connectivity index (χ0v) is 10.6. The van der Waals surface area contributed by atoms with Gasteiger partial charge in [-0.3, -0.25) is 4.98 Å². The van der Waals surface area contributed by atoms with Crippen LogP contribution < -0.4 is 0 Å². The molecule has 1 aromatic carbocycles. The molecule has 0 amide bonds. The van der Waals surface area contributed by atoms with Gasteiger partial charge in [0.25, 0.3) is 0 Å². The molecule has 0 saturated heterocycles. The number of nitrogens with zero attached hydrogens (tertiary/aromatic N) is 1. The second-order valence-electron chi connectivity index (χ2n) is 2.35. The van der Waals surface area contributed by atoms with Crippen LogP contribution in [0.15, 0.2) is 36.5 Å². The van der Waals surface area contributed by atoms with Crippen LogP contribution in [0, 0.1) is 0 Å². The standard InChI is InChI=1S/C9H7NO.Sn.2H/c11-8-5-1-3-7-4-2-6-10-9(7)8;;;/h1-6,11H;;;. The maximum absolute atomic E-state index is 9.31. The number of hydrogen-bond donors (Lipinski definition) is 1. The third-order valence-corrected chi connectivity index (χ3v) is 1.61. The fourth-order valence-electron chi connectivity index (χ4n) is 1.09. The Morgan fingerprint density at radius 3 is 2.58 bits per heavy atom. The Morgan fingerprint density at radius 1 is 1.08 bits per heavy atom. The average molecular weight is 266 g/mol. The summed E-state index contributed by atoms with van der Waals surface area (Å²) in [6, 6.07) is 9.13. The topological polar surface area (TPSA) is 33.1 Å². The van der Waals surface area contributed by atoms with Crippen LogP contribution in [0.5, 0.6) is 5.75 Å². The van der Waals surface area contributed by atoms with Gasteiger partial charge >= 0.3 is 23.9 Å². The molecule has 0 atom stereocenters. The van der Waals surface area contributed by atoms with E-state index in [2.05, 4.69) is 4.98 Å². The van der Waals surface area contributed by atoms with E-state index in [4.69, 9.17) is 0 Å². The van der Waals surface area contributed by atoms with Gasteiger partial charge in [0.1, 0.15) is 11.3 Å². The Kier molecular flexibility index (Phi) is 2.92. The van der Waals surface area contributed by atoms with Crippen LogP contribution in [0.4, 0.5) is 0 Å². The Labute approximate surface area is 87.2 Å². The Hall–Kier alpha value is -0.771. The first kappa shape index (κ1) is 9.32. The van der Waals surface area contributed by atoms with E-state index in [-0.39, 0.29) is 29.7 Å². The second kappa shape index (κ2) is 3.76. The van der Waals surface area contributed by atoms with Crippen molar-refractivity contribution in [1.29, 1.82) is 0 Å². The summed E-state index contributed by atoms with van der Waals surface area (Å²) < 4.78 is 0. The predicted octanol–water partition coefficient (Wildman–Crippen LogP) is 1.02. The maximum atomic E-state index is 9.31. The molecule has 0 aliphatic heterocycles. The number of fused-ring (bicyclic) bond motifs is 1. The van der Waals surface area contributed by atoms with E-state index in [0.29, 0.717) is 5.52 Å². The van der Waals surface area contributed by atoms with Crippen LogP contribution >= 0.6 is 0 Å². The summed E-state index contributed by atoms with van der Waals surface area (Å²) in [6.45, 7) is 0. The number of rotatable bonds is 0. The molecule has 2 radical (unpaired) electrons. The van der Waals surface area contributed by atoms with Crippen molar-refractivity contribution in [3.8, 4) is 5.75 Å². The summed E-state index contributed by atoms with van der Waals surface area (Å²) >= 11 is 0. The van der Waals surface area contributed by atoms with Crippen LogP contribution in [-0.4, -0.2) is 34.0 Å². The SMILES string of the molecule is Oc1cccc2cccnc12.[SnH2]. The van der Waals surface area contributed by atoms with Crippen LogP contribution in [0.2, 0.25) is 0 Å². The molecule has 2 nitrogen and oxygen atoms in total.